The van der Waals surface area contributed by atoms with Crippen molar-refractivity contribution >= 4 is 23.2 Å². The maximum absolute atomic E-state index is 10.1. The quantitative estimate of drug-likeness (QED) is 0.833. The molecule has 2 N–H and O–H groups in total. The van der Waals surface area contributed by atoms with Crippen molar-refractivity contribution in [2.45, 2.75) is 38.2 Å². The van der Waals surface area contributed by atoms with Gasteiger partial charge in [-0.3, -0.25) is 0 Å². The van der Waals surface area contributed by atoms with Crippen LogP contribution in [0.5, 0.6) is 0 Å². The van der Waals surface area contributed by atoms with Crippen LogP contribution in [0.3, 0.4) is 0 Å². The molecule has 2 nitrogen and oxygen atoms in total. The summed E-state index contributed by atoms with van der Waals surface area (Å²) in [6.45, 7) is 1.90. The number of aliphatic hydroxyl groups excluding tert-OH is 2. The fourth-order valence-electron chi connectivity index (χ4n) is 1.88. The van der Waals surface area contributed by atoms with Gasteiger partial charge in [0.15, 0.2) is 0 Å². The largest absolute Gasteiger partial charge is 0.396 e. The van der Waals surface area contributed by atoms with Gasteiger partial charge in [0.25, 0.3) is 0 Å². The van der Waals surface area contributed by atoms with Crippen LogP contribution >= 0.6 is 23.2 Å². The molecular formula is C13H18Cl2O2. The van der Waals surface area contributed by atoms with Crippen LogP contribution < -0.4 is 0 Å². The summed E-state index contributed by atoms with van der Waals surface area (Å²) in [6.07, 6.45) is 1.95. The Bertz CT molecular complexity index is 335. The minimum Gasteiger partial charge on any atom is -0.396 e. The van der Waals surface area contributed by atoms with E-state index in [0.717, 1.165) is 12.8 Å². The molecule has 0 radical (unpaired) electrons. The van der Waals surface area contributed by atoms with E-state index in [0.29, 0.717) is 22.0 Å². The van der Waals surface area contributed by atoms with E-state index in [-0.39, 0.29) is 6.61 Å². The first-order valence-electron chi connectivity index (χ1n) is 5.84. The summed E-state index contributed by atoms with van der Waals surface area (Å²) >= 11 is 12.1. The van der Waals surface area contributed by atoms with Gasteiger partial charge in [-0.1, -0.05) is 49.0 Å². The summed E-state index contributed by atoms with van der Waals surface area (Å²) in [5.74, 6) is -0.414. The van der Waals surface area contributed by atoms with Gasteiger partial charge in [-0.15, -0.1) is 0 Å². The minimum atomic E-state index is -0.614. The molecule has 0 aliphatic heterocycles. The Hall–Kier alpha value is -0.280. The number of halogens is 2. The molecule has 4 heteroatoms. The van der Waals surface area contributed by atoms with Crippen molar-refractivity contribution < 1.29 is 10.2 Å². The standard InChI is InChI=1S/C13H18Cl2O2/c1-2-3-7-12(17)9(8-16)13-10(14)5-4-6-11(13)15/h4-6,9,12,16-17H,2-3,7-8H2,1H3/t9?,12-/m1/s1. The Labute approximate surface area is 112 Å². The van der Waals surface area contributed by atoms with Crippen LogP contribution in [0, 0.1) is 0 Å². The fourth-order valence-corrected chi connectivity index (χ4v) is 2.56. The van der Waals surface area contributed by atoms with E-state index in [2.05, 4.69) is 6.92 Å². The fraction of sp³-hybridized carbons (Fsp3) is 0.538. The number of aliphatic hydroxyl groups is 2. The first-order chi connectivity index (χ1) is 8.11. The summed E-state index contributed by atoms with van der Waals surface area (Å²) in [4.78, 5) is 0. The van der Waals surface area contributed by atoms with Crippen LogP contribution in [0.15, 0.2) is 18.2 Å². The average molecular weight is 277 g/mol. The highest BCUT2D eigenvalue weighted by Gasteiger charge is 2.24. The van der Waals surface area contributed by atoms with E-state index >= 15 is 0 Å². The van der Waals surface area contributed by atoms with Crippen LogP contribution in [0.1, 0.15) is 37.7 Å². The van der Waals surface area contributed by atoms with Gasteiger partial charge in [0, 0.05) is 16.0 Å². The molecule has 0 amide bonds. The highest BCUT2D eigenvalue weighted by molar-refractivity contribution is 6.36. The lowest BCUT2D eigenvalue weighted by Gasteiger charge is -2.23. The molecule has 1 aromatic carbocycles. The molecule has 0 fully saturated rings. The predicted molar refractivity (Wildman–Crippen MR) is 71.8 cm³/mol. The Balaban J connectivity index is 2.93. The van der Waals surface area contributed by atoms with Crippen LogP contribution in [0.4, 0.5) is 0 Å². The van der Waals surface area contributed by atoms with Gasteiger partial charge < -0.3 is 10.2 Å². The molecule has 96 valence electrons. The Morgan fingerprint density at radius 2 is 1.82 bits per heavy atom. The Morgan fingerprint density at radius 3 is 2.29 bits per heavy atom. The van der Waals surface area contributed by atoms with Crippen molar-refractivity contribution in [1.29, 1.82) is 0 Å². The highest BCUT2D eigenvalue weighted by atomic mass is 35.5. The molecule has 0 bridgehead atoms. The number of hydrogen-bond acceptors (Lipinski definition) is 2. The molecule has 0 aliphatic carbocycles. The Morgan fingerprint density at radius 1 is 1.24 bits per heavy atom. The van der Waals surface area contributed by atoms with Gasteiger partial charge in [-0.05, 0) is 24.1 Å². The third-order valence-electron chi connectivity index (χ3n) is 2.89. The molecule has 17 heavy (non-hydrogen) atoms. The van der Waals surface area contributed by atoms with E-state index < -0.39 is 12.0 Å². The van der Waals surface area contributed by atoms with Crippen LogP contribution in [0.2, 0.25) is 10.0 Å². The van der Waals surface area contributed by atoms with Crippen LogP contribution in [0.25, 0.3) is 0 Å². The number of hydrogen-bond donors (Lipinski definition) is 2. The summed E-state index contributed by atoms with van der Waals surface area (Å²) in [5.41, 5.74) is 0.641. The lowest BCUT2D eigenvalue weighted by Crippen LogP contribution is -2.22. The number of rotatable bonds is 6. The van der Waals surface area contributed by atoms with Gasteiger partial charge in [-0.2, -0.15) is 0 Å². The van der Waals surface area contributed by atoms with Gasteiger partial charge in [0.1, 0.15) is 0 Å². The zero-order chi connectivity index (χ0) is 12.8. The van der Waals surface area contributed by atoms with E-state index in [1.807, 2.05) is 0 Å². The third-order valence-corrected chi connectivity index (χ3v) is 3.54. The van der Waals surface area contributed by atoms with Crippen molar-refractivity contribution in [3.05, 3.63) is 33.8 Å². The normalized spacial score (nSPS) is 14.6. The predicted octanol–water partition coefficient (Wildman–Crippen LogP) is 3.62. The second-order valence-corrected chi connectivity index (χ2v) is 4.95. The lowest BCUT2D eigenvalue weighted by atomic mass is 9.91. The van der Waals surface area contributed by atoms with Crippen molar-refractivity contribution in [3.63, 3.8) is 0 Å². The molecule has 0 aliphatic rings. The van der Waals surface area contributed by atoms with E-state index in [4.69, 9.17) is 23.2 Å². The molecule has 2 atom stereocenters. The first-order valence-corrected chi connectivity index (χ1v) is 6.60. The van der Waals surface area contributed by atoms with Gasteiger partial charge >= 0.3 is 0 Å². The van der Waals surface area contributed by atoms with Crippen molar-refractivity contribution in [2.24, 2.45) is 0 Å². The molecule has 0 spiro atoms. The minimum absolute atomic E-state index is 0.158. The van der Waals surface area contributed by atoms with Crippen molar-refractivity contribution in [3.8, 4) is 0 Å². The maximum atomic E-state index is 10.1. The summed E-state index contributed by atoms with van der Waals surface area (Å²) in [6, 6.07) is 5.19. The lowest BCUT2D eigenvalue weighted by molar-refractivity contribution is 0.0971. The molecule has 0 saturated heterocycles. The monoisotopic (exact) mass is 276 g/mol. The topological polar surface area (TPSA) is 40.5 Å². The van der Waals surface area contributed by atoms with Crippen LogP contribution in [-0.2, 0) is 0 Å². The molecule has 0 heterocycles. The zero-order valence-electron chi connectivity index (χ0n) is 9.87. The third kappa shape index (κ3) is 3.85. The first kappa shape index (κ1) is 14.8. The highest BCUT2D eigenvalue weighted by Crippen LogP contribution is 2.34. The molecule has 1 rings (SSSR count). The maximum Gasteiger partial charge on any atom is 0.0631 e. The van der Waals surface area contributed by atoms with Crippen molar-refractivity contribution in [2.75, 3.05) is 6.61 Å². The van der Waals surface area contributed by atoms with E-state index in [1.54, 1.807) is 18.2 Å². The summed E-state index contributed by atoms with van der Waals surface area (Å²) in [5, 5.41) is 20.5. The van der Waals surface area contributed by atoms with Gasteiger partial charge in [0.2, 0.25) is 0 Å². The SMILES string of the molecule is CCCC[C@@H](O)C(CO)c1c(Cl)cccc1Cl. The molecule has 0 saturated carbocycles. The smallest absolute Gasteiger partial charge is 0.0631 e. The second-order valence-electron chi connectivity index (χ2n) is 4.13. The van der Waals surface area contributed by atoms with Gasteiger partial charge in [-0.25, -0.2) is 0 Å². The second kappa shape index (κ2) is 7.22. The molecule has 1 aromatic rings. The number of unbranched alkanes of at least 4 members (excludes halogenated alkanes) is 1. The van der Waals surface area contributed by atoms with E-state index in [1.165, 1.54) is 0 Å². The summed E-state index contributed by atoms with van der Waals surface area (Å²) in [7, 11) is 0. The average Bonchev–Trinajstić information content (AvgIpc) is 2.31. The zero-order valence-corrected chi connectivity index (χ0v) is 11.4. The van der Waals surface area contributed by atoms with E-state index in [9.17, 15) is 10.2 Å². The molecule has 1 unspecified atom stereocenters. The van der Waals surface area contributed by atoms with Gasteiger partial charge in [0.05, 0.1) is 12.7 Å². The Kier molecular flexibility index (Phi) is 6.28. The number of benzene rings is 1. The van der Waals surface area contributed by atoms with Crippen molar-refractivity contribution in [1.82, 2.24) is 0 Å². The molecule has 0 aromatic heterocycles. The van der Waals surface area contributed by atoms with Crippen LogP contribution in [-0.4, -0.2) is 22.9 Å². The molecular weight excluding hydrogens is 259 g/mol. The summed E-state index contributed by atoms with van der Waals surface area (Å²) < 4.78 is 0.